The number of carbonyl (C=O) groups is 1. The van der Waals surface area contributed by atoms with Gasteiger partial charge in [0.1, 0.15) is 12.4 Å². The first-order valence-electron chi connectivity index (χ1n) is 5.39. The number of carbonyl (C=O) groups excluding carboxylic acids is 1. The molecule has 0 saturated carbocycles. The number of hydrogen-bond acceptors (Lipinski definition) is 3. The van der Waals surface area contributed by atoms with Gasteiger partial charge < -0.3 is 9.47 Å². The number of hydrogen-bond donors (Lipinski definition) is 0. The number of methoxy groups -OCH3 is 1. The summed E-state index contributed by atoms with van der Waals surface area (Å²) in [5.41, 5.74) is 0.578. The highest BCUT2D eigenvalue weighted by atomic mass is 16.5. The first kappa shape index (κ1) is 12.7. The SMILES string of the molecule is COc1ccccc1C(=O)COCC(C)C. The quantitative estimate of drug-likeness (QED) is 0.694. The molecule has 0 atom stereocenters. The molecule has 0 bridgehead atoms. The zero-order chi connectivity index (χ0) is 12.0. The molecule has 0 amide bonds. The maximum absolute atomic E-state index is 11.8. The minimum atomic E-state index is -0.0434. The molecular formula is C13H18O3. The normalized spacial score (nSPS) is 10.5. The summed E-state index contributed by atoms with van der Waals surface area (Å²) in [5.74, 6) is 0.990. The predicted molar refractivity (Wildman–Crippen MR) is 63.0 cm³/mol. The van der Waals surface area contributed by atoms with Gasteiger partial charge in [-0.15, -0.1) is 0 Å². The van der Waals surface area contributed by atoms with E-state index in [1.807, 2.05) is 26.0 Å². The van der Waals surface area contributed by atoms with E-state index >= 15 is 0 Å². The molecule has 1 aromatic rings. The molecule has 1 aromatic carbocycles. The molecule has 0 aromatic heterocycles. The van der Waals surface area contributed by atoms with Crippen LogP contribution in [-0.2, 0) is 4.74 Å². The van der Waals surface area contributed by atoms with Gasteiger partial charge in [-0.25, -0.2) is 0 Å². The molecular weight excluding hydrogens is 204 g/mol. The van der Waals surface area contributed by atoms with E-state index in [2.05, 4.69) is 0 Å². The highest BCUT2D eigenvalue weighted by molar-refractivity contribution is 5.99. The van der Waals surface area contributed by atoms with Crippen LogP contribution in [-0.4, -0.2) is 26.1 Å². The van der Waals surface area contributed by atoms with Crippen molar-refractivity contribution in [3.63, 3.8) is 0 Å². The van der Waals surface area contributed by atoms with Crippen LogP contribution >= 0.6 is 0 Å². The van der Waals surface area contributed by atoms with E-state index < -0.39 is 0 Å². The van der Waals surface area contributed by atoms with Gasteiger partial charge in [0.15, 0.2) is 5.78 Å². The van der Waals surface area contributed by atoms with E-state index in [0.717, 1.165) is 0 Å². The second-order valence-corrected chi connectivity index (χ2v) is 4.03. The average molecular weight is 222 g/mol. The van der Waals surface area contributed by atoms with Crippen molar-refractivity contribution in [3.8, 4) is 5.75 Å². The standard InChI is InChI=1S/C13H18O3/c1-10(2)8-16-9-12(14)11-6-4-5-7-13(11)15-3/h4-7,10H,8-9H2,1-3H3. The number of para-hydroxylation sites is 1. The Balaban J connectivity index is 2.59. The lowest BCUT2D eigenvalue weighted by Gasteiger charge is -2.08. The Hall–Kier alpha value is -1.35. The van der Waals surface area contributed by atoms with Crippen LogP contribution in [0.1, 0.15) is 24.2 Å². The maximum atomic E-state index is 11.8. The third kappa shape index (κ3) is 3.66. The summed E-state index contributed by atoms with van der Waals surface area (Å²) in [6.45, 7) is 4.81. The van der Waals surface area contributed by atoms with E-state index in [-0.39, 0.29) is 12.4 Å². The van der Waals surface area contributed by atoms with E-state index in [4.69, 9.17) is 9.47 Å². The first-order valence-corrected chi connectivity index (χ1v) is 5.39. The minimum Gasteiger partial charge on any atom is -0.496 e. The lowest BCUT2D eigenvalue weighted by Crippen LogP contribution is -2.13. The number of Topliss-reactive ketones (excluding diaryl/α,β-unsaturated/α-hetero) is 1. The van der Waals surface area contributed by atoms with Gasteiger partial charge in [-0.1, -0.05) is 26.0 Å². The molecule has 0 aliphatic rings. The summed E-state index contributed by atoms with van der Waals surface area (Å²) < 4.78 is 10.4. The molecule has 88 valence electrons. The van der Waals surface area contributed by atoms with Crippen molar-refractivity contribution >= 4 is 5.78 Å². The molecule has 0 aliphatic carbocycles. The zero-order valence-corrected chi connectivity index (χ0v) is 10.0. The van der Waals surface area contributed by atoms with Crippen LogP contribution in [0.25, 0.3) is 0 Å². The molecule has 16 heavy (non-hydrogen) atoms. The molecule has 0 spiro atoms. The van der Waals surface area contributed by atoms with Crippen molar-refractivity contribution in [1.29, 1.82) is 0 Å². The van der Waals surface area contributed by atoms with E-state index in [9.17, 15) is 4.79 Å². The van der Waals surface area contributed by atoms with Crippen LogP contribution in [0.5, 0.6) is 5.75 Å². The van der Waals surface area contributed by atoms with E-state index in [1.54, 1.807) is 19.2 Å². The van der Waals surface area contributed by atoms with E-state index in [0.29, 0.717) is 23.8 Å². The van der Waals surface area contributed by atoms with Gasteiger partial charge in [0.25, 0.3) is 0 Å². The summed E-state index contributed by atoms with van der Waals surface area (Å²) in [6.07, 6.45) is 0. The summed E-state index contributed by atoms with van der Waals surface area (Å²) >= 11 is 0. The number of ether oxygens (including phenoxy) is 2. The largest absolute Gasteiger partial charge is 0.496 e. The first-order chi connectivity index (χ1) is 7.65. The van der Waals surface area contributed by atoms with Crippen molar-refractivity contribution in [2.45, 2.75) is 13.8 Å². The molecule has 0 radical (unpaired) electrons. The average Bonchev–Trinajstić information content (AvgIpc) is 2.28. The smallest absolute Gasteiger partial charge is 0.192 e. The van der Waals surface area contributed by atoms with Gasteiger partial charge in [-0.3, -0.25) is 4.79 Å². The lowest BCUT2D eigenvalue weighted by molar-refractivity contribution is 0.0703. The monoisotopic (exact) mass is 222 g/mol. The zero-order valence-electron chi connectivity index (χ0n) is 10.0. The van der Waals surface area contributed by atoms with Gasteiger partial charge in [0.05, 0.1) is 12.7 Å². The van der Waals surface area contributed by atoms with Gasteiger partial charge in [0.2, 0.25) is 0 Å². The summed E-state index contributed by atoms with van der Waals surface area (Å²) in [4.78, 5) is 11.8. The van der Waals surface area contributed by atoms with Crippen LogP contribution in [0.4, 0.5) is 0 Å². The molecule has 0 fully saturated rings. The van der Waals surface area contributed by atoms with Gasteiger partial charge >= 0.3 is 0 Å². The molecule has 0 N–H and O–H groups in total. The van der Waals surface area contributed by atoms with Gasteiger partial charge in [-0.2, -0.15) is 0 Å². The third-order valence-corrected chi connectivity index (χ3v) is 2.09. The Morgan fingerprint density at radius 1 is 1.31 bits per heavy atom. The number of benzene rings is 1. The highest BCUT2D eigenvalue weighted by Crippen LogP contribution is 2.17. The van der Waals surface area contributed by atoms with Crippen molar-refractivity contribution in [2.24, 2.45) is 5.92 Å². The van der Waals surface area contributed by atoms with Crippen LogP contribution in [0.2, 0.25) is 0 Å². The Bertz CT molecular complexity index is 345. The Morgan fingerprint density at radius 2 is 2.00 bits per heavy atom. The lowest BCUT2D eigenvalue weighted by atomic mass is 10.1. The molecule has 1 rings (SSSR count). The second-order valence-electron chi connectivity index (χ2n) is 4.03. The van der Waals surface area contributed by atoms with Gasteiger partial charge in [-0.05, 0) is 18.1 Å². The van der Waals surface area contributed by atoms with Crippen LogP contribution in [0.3, 0.4) is 0 Å². The highest BCUT2D eigenvalue weighted by Gasteiger charge is 2.11. The Morgan fingerprint density at radius 3 is 2.62 bits per heavy atom. The predicted octanol–water partition coefficient (Wildman–Crippen LogP) is 2.55. The van der Waals surface area contributed by atoms with Gasteiger partial charge in [0, 0.05) is 6.61 Å². The molecule has 3 nitrogen and oxygen atoms in total. The summed E-state index contributed by atoms with van der Waals surface area (Å²) in [7, 11) is 1.56. The molecule has 3 heteroatoms. The fraction of sp³-hybridized carbons (Fsp3) is 0.462. The minimum absolute atomic E-state index is 0.0434. The molecule has 0 unspecified atom stereocenters. The van der Waals surface area contributed by atoms with Crippen molar-refractivity contribution in [3.05, 3.63) is 29.8 Å². The van der Waals surface area contributed by atoms with Crippen LogP contribution in [0.15, 0.2) is 24.3 Å². The number of ketones is 1. The maximum Gasteiger partial charge on any atom is 0.192 e. The number of rotatable bonds is 6. The fourth-order valence-electron chi connectivity index (χ4n) is 1.34. The fourth-order valence-corrected chi connectivity index (χ4v) is 1.34. The Labute approximate surface area is 96.4 Å². The third-order valence-electron chi connectivity index (χ3n) is 2.09. The van der Waals surface area contributed by atoms with Crippen molar-refractivity contribution < 1.29 is 14.3 Å². The van der Waals surface area contributed by atoms with Crippen LogP contribution < -0.4 is 4.74 Å². The van der Waals surface area contributed by atoms with Crippen molar-refractivity contribution in [1.82, 2.24) is 0 Å². The van der Waals surface area contributed by atoms with Crippen molar-refractivity contribution in [2.75, 3.05) is 20.3 Å². The molecule has 0 heterocycles. The summed E-state index contributed by atoms with van der Waals surface area (Å²) in [5, 5.41) is 0. The molecule has 0 saturated heterocycles. The second kappa shape index (κ2) is 6.28. The van der Waals surface area contributed by atoms with E-state index in [1.165, 1.54) is 0 Å². The topological polar surface area (TPSA) is 35.5 Å². The summed E-state index contributed by atoms with van der Waals surface area (Å²) in [6, 6.07) is 7.18. The molecule has 0 aliphatic heterocycles. The van der Waals surface area contributed by atoms with Crippen LogP contribution in [0, 0.1) is 5.92 Å². The Kier molecular flexibility index (Phi) is 4.99.